The minimum absolute atomic E-state index is 0.0152. The average Bonchev–Trinajstić information content (AvgIpc) is 3.23. The maximum absolute atomic E-state index is 12.8. The van der Waals surface area contributed by atoms with Crippen LogP contribution in [0.2, 0.25) is 5.02 Å². The molecule has 1 fully saturated rings. The van der Waals surface area contributed by atoms with E-state index in [1.807, 2.05) is 0 Å². The summed E-state index contributed by atoms with van der Waals surface area (Å²) in [6.45, 7) is 0. The number of benzene rings is 1. The summed E-state index contributed by atoms with van der Waals surface area (Å²) < 4.78 is 70.3. The molecule has 6 nitrogen and oxygen atoms in total. The van der Waals surface area contributed by atoms with Crippen LogP contribution in [0.15, 0.2) is 27.7 Å². The van der Waals surface area contributed by atoms with Crippen LogP contribution in [0.1, 0.15) is 40.4 Å². The monoisotopic (exact) mass is 409 g/mol. The summed E-state index contributed by atoms with van der Waals surface area (Å²) in [7, 11) is -4.15. The smallest absolute Gasteiger partial charge is 0.404 e. The Hall–Kier alpha value is -2.07. The summed E-state index contributed by atoms with van der Waals surface area (Å²) in [5, 5.41) is 2.74. The summed E-state index contributed by atoms with van der Waals surface area (Å²) in [5.41, 5.74) is -0.324. The van der Waals surface area contributed by atoms with Gasteiger partial charge in [0.25, 0.3) is 0 Å². The van der Waals surface area contributed by atoms with Crippen LogP contribution < -0.4 is 4.74 Å². The Kier molecular flexibility index (Phi) is 4.51. The van der Waals surface area contributed by atoms with E-state index in [1.165, 1.54) is 0 Å². The number of ether oxygens (including phenoxy) is 1. The van der Waals surface area contributed by atoms with Gasteiger partial charge in [0, 0.05) is 17.7 Å². The van der Waals surface area contributed by atoms with E-state index in [0.717, 1.165) is 37.4 Å². The van der Waals surface area contributed by atoms with E-state index in [9.17, 15) is 26.4 Å². The maximum Gasteiger partial charge on any atom is 0.573 e. The Bertz CT molecular complexity index is 980. The molecule has 0 spiro atoms. The van der Waals surface area contributed by atoms with Crippen molar-refractivity contribution >= 4 is 27.2 Å². The van der Waals surface area contributed by atoms with Crippen molar-refractivity contribution in [2.75, 3.05) is 6.26 Å². The molecule has 1 saturated carbocycles. The van der Waals surface area contributed by atoms with Crippen LogP contribution in [0.5, 0.6) is 5.75 Å². The van der Waals surface area contributed by atoms with Gasteiger partial charge in [-0.1, -0.05) is 16.8 Å². The quantitative estimate of drug-likeness (QED) is 0.699. The van der Waals surface area contributed by atoms with E-state index in [-0.39, 0.29) is 17.0 Å². The van der Waals surface area contributed by atoms with Crippen molar-refractivity contribution in [3.8, 4) is 5.75 Å². The molecule has 11 heteroatoms. The van der Waals surface area contributed by atoms with Gasteiger partial charge >= 0.3 is 6.36 Å². The molecule has 0 aliphatic heterocycles. The lowest BCUT2D eigenvalue weighted by atomic mass is 10.0. The summed E-state index contributed by atoms with van der Waals surface area (Å²) in [5.74, 6) is -1.33. The third kappa shape index (κ3) is 3.70. The predicted molar refractivity (Wildman–Crippen MR) is 83.2 cm³/mol. The summed E-state index contributed by atoms with van der Waals surface area (Å²) in [6.07, 6.45) is -1.59. The number of aromatic nitrogens is 1. The topological polar surface area (TPSA) is 86.5 Å². The van der Waals surface area contributed by atoms with E-state index < -0.39 is 37.7 Å². The van der Waals surface area contributed by atoms with Crippen LogP contribution in [0.3, 0.4) is 0 Å². The molecule has 1 aliphatic carbocycles. The standard InChI is InChI=1S/C15H11ClF3NO5S/c1-26(22,23)14-8(4-5-10(11(14)16)24-15(17,18)19)12(21)9-6-20-25-13(9)7-2-3-7/h4-7H,2-3H2,1H3. The normalized spacial score (nSPS) is 15.1. The highest BCUT2D eigenvalue weighted by Crippen LogP contribution is 2.43. The van der Waals surface area contributed by atoms with Crippen molar-refractivity contribution in [2.24, 2.45) is 0 Å². The highest BCUT2D eigenvalue weighted by Gasteiger charge is 2.36. The van der Waals surface area contributed by atoms with E-state index in [4.69, 9.17) is 16.1 Å². The second kappa shape index (κ2) is 6.27. The van der Waals surface area contributed by atoms with Crippen LogP contribution in [0.4, 0.5) is 13.2 Å². The second-order valence-electron chi connectivity index (χ2n) is 5.78. The molecule has 2 aromatic rings. The SMILES string of the molecule is CS(=O)(=O)c1c(C(=O)c2cnoc2C2CC2)ccc(OC(F)(F)F)c1Cl. The number of carbonyl (C=O) groups excluding carboxylic acids is 1. The number of rotatable bonds is 5. The van der Waals surface area contributed by atoms with Gasteiger partial charge in [-0.25, -0.2) is 8.42 Å². The number of sulfone groups is 1. The first-order valence-corrected chi connectivity index (χ1v) is 9.53. The van der Waals surface area contributed by atoms with Gasteiger partial charge in [-0.15, -0.1) is 13.2 Å². The van der Waals surface area contributed by atoms with Gasteiger partial charge in [0.05, 0.1) is 11.8 Å². The van der Waals surface area contributed by atoms with Gasteiger partial charge in [0.2, 0.25) is 0 Å². The van der Waals surface area contributed by atoms with Crippen molar-refractivity contribution in [1.29, 1.82) is 0 Å². The van der Waals surface area contributed by atoms with Gasteiger partial charge in [-0.2, -0.15) is 0 Å². The number of alkyl halides is 3. The number of carbonyl (C=O) groups is 1. The molecule has 0 radical (unpaired) electrons. The van der Waals surface area contributed by atoms with E-state index >= 15 is 0 Å². The third-order valence-electron chi connectivity index (χ3n) is 3.69. The Labute approximate surface area is 150 Å². The van der Waals surface area contributed by atoms with Crippen LogP contribution >= 0.6 is 11.6 Å². The molecule has 0 saturated heterocycles. The van der Waals surface area contributed by atoms with Gasteiger partial charge in [-0.05, 0) is 25.0 Å². The first-order valence-electron chi connectivity index (χ1n) is 7.26. The van der Waals surface area contributed by atoms with Crippen molar-refractivity contribution < 1.29 is 35.6 Å². The lowest BCUT2D eigenvalue weighted by Gasteiger charge is -2.15. The molecule has 1 aromatic carbocycles. The van der Waals surface area contributed by atoms with Crippen LogP contribution in [-0.2, 0) is 9.84 Å². The summed E-state index contributed by atoms with van der Waals surface area (Å²) >= 11 is 5.83. The number of hydrogen-bond acceptors (Lipinski definition) is 6. The minimum atomic E-state index is -5.07. The van der Waals surface area contributed by atoms with Crippen LogP contribution in [0, 0.1) is 0 Å². The molecular weight excluding hydrogens is 399 g/mol. The fourth-order valence-electron chi connectivity index (χ4n) is 2.49. The predicted octanol–water partition coefficient (Wildman–Crippen LogP) is 3.74. The average molecular weight is 410 g/mol. The van der Waals surface area contributed by atoms with Gasteiger partial charge < -0.3 is 9.26 Å². The highest BCUT2D eigenvalue weighted by atomic mass is 35.5. The maximum atomic E-state index is 12.8. The molecule has 3 rings (SSSR count). The lowest BCUT2D eigenvalue weighted by Crippen LogP contribution is -2.19. The molecule has 1 heterocycles. The molecular formula is C15H11ClF3NO5S. The first-order chi connectivity index (χ1) is 12.0. The largest absolute Gasteiger partial charge is 0.573 e. The van der Waals surface area contributed by atoms with Crippen molar-refractivity contribution in [2.45, 2.75) is 30.0 Å². The molecule has 0 amide bonds. The Balaban J connectivity index is 2.13. The van der Waals surface area contributed by atoms with Crippen molar-refractivity contribution in [1.82, 2.24) is 5.16 Å². The molecule has 1 aliphatic rings. The van der Waals surface area contributed by atoms with E-state index in [0.29, 0.717) is 5.76 Å². The fraction of sp³-hybridized carbons (Fsp3) is 0.333. The molecule has 1 aromatic heterocycles. The number of halogens is 4. The second-order valence-corrected chi connectivity index (χ2v) is 8.11. The Morgan fingerprint density at radius 3 is 2.50 bits per heavy atom. The zero-order valence-electron chi connectivity index (χ0n) is 13.1. The minimum Gasteiger partial charge on any atom is -0.404 e. The molecule has 0 N–H and O–H groups in total. The van der Waals surface area contributed by atoms with Gasteiger partial charge in [-0.3, -0.25) is 4.79 Å². The number of nitrogens with zero attached hydrogens (tertiary/aromatic N) is 1. The molecule has 26 heavy (non-hydrogen) atoms. The first kappa shape index (κ1) is 18.7. The van der Waals surface area contributed by atoms with Crippen molar-refractivity contribution in [3.05, 3.63) is 40.2 Å². The van der Waals surface area contributed by atoms with Gasteiger partial charge in [0.15, 0.2) is 21.4 Å². The molecule has 0 unspecified atom stereocenters. The van der Waals surface area contributed by atoms with Crippen LogP contribution in [0.25, 0.3) is 0 Å². The highest BCUT2D eigenvalue weighted by molar-refractivity contribution is 7.91. The zero-order valence-corrected chi connectivity index (χ0v) is 14.7. The van der Waals surface area contributed by atoms with E-state index in [2.05, 4.69) is 9.89 Å². The lowest BCUT2D eigenvalue weighted by molar-refractivity contribution is -0.274. The Morgan fingerprint density at radius 1 is 1.31 bits per heavy atom. The molecule has 0 bridgehead atoms. The zero-order chi connectivity index (χ0) is 19.3. The van der Waals surface area contributed by atoms with E-state index in [1.54, 1.807) is 0 Å². The van der Waals surface area contributed by atoms with Gasteiger partial charge in [0.1, 0.15) is 15.7 Å². The van der Waals surface area contributed by atoms with Crippen molar-refractivity contribution in [3.63, 3.8) is 0 Å². The molecule has 140 valence electrons. The molecule has 0 atom stereocenters. The summed E-state index contributed by atoms with van der Waals surface area (Å²) in [6, 6.07) is 1.72. The number of ketones is 1. The van der Waals surface area contributed by atoms with Crippen LogP contribution in [-0.4, -0.2) is 32.0 Å². The summed E-state index contributed by atoms with van der Waals surface area (Å²) in [4.78, 5) is 12.0. The third-order valence-corrected chi connectivity index (χ3v) is 5.35. The Morgan fingerprint density at radius 2 is 1.96 bits per heavy atom. The number of hydrogen-bond donors (Lipinski definition) is 0. The fourth-order valence-corrected chi connectivity index (χ4v) is 4.10.